The summed E-state index contributed by atoms with van der Waals surface area (Å²) in [6.45, 7) is 10.1. The molecule has 1 unspecified atom stereocenters. The van der Waals surface area contributed by atoms with Gasteiger partial charge in [-0.2, -0.15) is 0 Å². The van der Waals surface area contributed by atoms with Gasteiger partial charge in [0.15, 0.2) is 0 Å². The second-order valence-corrected chi connectivity index (χ2v) is 8.10. The molecule has 1 atom stereocenters. The smallest absolute Gasteiger partial charge is 0.251 e. The molecule has 5 nitrogen and oxygen atoms in total. The van der Waals surface area contributed by atoms with E-state index in [-0.39, 0.29) is 17.4 Å². The van der Waals surface area contributed by atoms with Crippen molar-refractivity contribution in [1.29, 1.82) is 0 Å². The minimum atomic E-state index is -0.291. The summed E-state index contributed by atoms with van der Waals surface area (Å²) in [6, 6.07) is 7.10. The van der Waals surface area contributed by atoms with E-state index in [1.165, 1.54) is 0 Å². The molecule has 1 heterocycles. The van der Waals surface area contributed by atoms with E-state index in [2.05, 4.69) is 22.9 Å². The number of hydrogen-bond acceptors (Lipinski definition) is 3. The molecule has 2 rings (SSSR count). The van der Waals surface area contributed by atoms with Crippen LogP contribution in [0.2, 0.25) is 0 Å². The fourth-order valence-electron chi connectivity index (χ4n) is 3.24. The number of amides is 2. The summed E-state index contributed by atoms with van der Waals surface area (Å²) in [5.74, 6) is 0.858. The molecule has 0 saturated carbocycles. The molecule has 1 aromatic carbocycles. The fraction of sp³-hybridized carbons (Fsp3) is 0.600. The Morgan fingerprint density at radius 2 is 1.92 bits per heavy atom. The first-order chi connectivity index (χ1) is 11.7. The molecule has 1 fully saturated rings. The third-order valence-electron chi connectivity index (χ3n) is 4.59. The SMILES string of the molecule is CC(CC(=O)Nc1cccc(C(=O)NC(C)(C)C)c1)C1CCNCC1. The molecule has 2 amide bonds. The number of carbonyl (C=O) groups is 2. The van der Waals surface area contributed by atoms with Gasteiger partial charge in [0.25, 0.3) is 5.91 Å². The Bertz CT molecular complexity index is 601. The van der Waals surface area contributed by atoms with Gasteiger partial charge < -0.3 is 16.0 Å². The largest absolute Gasteiger partial charge is 0.347 e. The van der Waals surface area contributed by atoms with Crippen LogP contribution in [0.25, 0.3) is 0 Å². The van der Waals surface area contributed by atoms with Gasteiger partial charge in [-0.3, -0.25) is 9.59 Å². The first-order valence-electron chi connectivity index (χ1n) is 9.18. The molecule has 0 aromatic heterocycles. The quantitative estimate of drug-likeness (QED) is 0.767. The van der Waals surface area contributed by atoms with Crippen molar-refractivity contribution in [3.63, 3.8) is 0 Å². The lowest BCUT2D eigenvalue weighted by atomic mass is 9.84. The molecule has 0 aliphatic carbocycles. The number of piperidine rings is 1. The second-order valence-electron chi connectivity index (χ2n) is 8.10. The summed E-state index contributed by atoms with van der Waals surface area (Å²) in [6.07, 6.45) is 2.79. The Labute approximate surface area is 151 Å². The maximum absolute atomic E-state index is 12.3. The van der Waals surface area contributed by atoms with Crippen LogP contribution in [0, 0.1) is 11.8 Å². The molecule has 1 saturated heterocycles. The van der Waals surface area contributed by atoms with Crippen molar-refractivity contribution < 1.29 is 9.59 Å². The second kappa shape index (κ2) is 8.48. The highest BCUT2D eigenvalue weighted by atomic mass is 16.2. The summed E-state index contributed by atoms with van der Waals surface area (Å²) in [7, 11) is 0. The Morgan fingerprint density at radius 3 is 2.56 bits per heavy atom. The van der Waals surface area contributed by atoms with Crippen molar-refractivity contribution in [2.45, 2.75) is 52.5 Å². The van der Waals surface area contributed by atoms with Gasteiger partial charge in [0.05, 0.1) is 0 Å². The van der Waals surface area contributed by atoms with Crippen LogP contribution in [0.15, 0.2) is 24.3 Å². The van der Waals surface area contributed by atoms with Gasteiger partial charge in [-0.25, -0.2) is 0 Å². The van der Waals surface area contributed by atoms with E-state index in [1.807, 2.05) is 26.8 Å². The Balaban J connectivity index is 1.92. The third-order valence-corrected chi connectivity index (χ3v) is 4.59. The molecule has 0 bridgehead atoms. The normalized spacial score (nSPS) is 17.0. The van der Waals surface area contributed by atoms with Crippen molar-refractivity contribution in [2.75, 3.05) is 18.4 Å². The van der Waals surface area contributed by atoms with E-state index in [9.17, 15) is 9.59 Å². The standard InChI is InChI=1S/C20H31N3O2/c1-14(15-8-10-21-11-9-15)12-18(24)22-17-7-5-6-16(13-17)19(25)23-20(2,3)4/h5-7,13-15,21H,8-12H2,1-4H3,(H,22,24)(H,23,25). The van der Waals surface area contributed by atoms with Crippen LogP contribution in [0.5, 0.6) is 0 Å². The van der Waals surface area contributed by atoms with Gasteiger partial charge in [-0.05, 0) is 76.7 Å². The monoisotopic (exact) mass is 345 g/mol. The summed E-state index contributed by atoms with van der Waals surface area (Å²) in [5.41, 5.74) is 0.934. The number of benzene rings is 1. The van der Waals surface area contributed by atoms with E-state index in [0.717, 1.165) is 25.9 Å². The molecule has 5 heteroatoms. The molecule has 1 aromatic rings. The van der Waals surface area contributed by atoms with Crippen LogP contribution in [-0.2, 0) is 4.79 Å². The zero-order valence-electron chi connectivity index (χ0n) is 15.8. The number of hydrogen-bond donors (Lipinski definition) is 3. The lowest BCUT2D eigenvalue weighted by molar-refractivity contribution is -0.117. The van der Waals surface area contributed by atoms with Gasteiger partial charge in [0, 0.05) is 23.2 Å². The predicted octanol–water partition coefficient (Wildman–Crippen LogP) is 3.18. The number of carbonyl (C=O) groups excluding carboxylic acids is 2. The molecule has 25 heavy (non-hydrogen) atoms. The van der Waals surface area contributed by atoms with Crippen LogP contribution in [-0.4, -0.2) is 30.4 Å². The van der Waals surface area contributed by atoms with E-state index in [0.29, 0.717) is 29.5 Å². The average Bonchev–Trinajstić information content (AvgIpc) is 2.54. The minimum Gasteiger partial charge on any atom is -0.347 e. The van der Waals surface area contributed by atoms with Gasteiger partial charge in [0.1, 0.15) is 0 Å². The van der Waals surface area contributed by atoms with E-state index < -0.39 is 0 Å². The van der Waals surface area contributed by atoms with Gasteiger partial charge in [0.2, 0.25) is 5.91 Å². The molecular formula is C20H31N3O2. The molecule has 0 radical (unpaired) electrons. The van der Waals surface area contributed by atoms with Crippen LogP contribution < -0.4 is 16.0 Å². The fourth-order valence-corrected chi connectivity index (χ4v) is 3.24. The summed E-state index contributed by atoms with van der Waals surface area (Å²) in [5, 5.41) is 9.23. The Morgan fingerprint density at radius 1 is 1.24 bits per heavy atom. The van der Waals surface area contributed by atoms with Crippen molar-refractivity contribution in [3.05, 3.63) is 29.8 Å². The maximum Gasteiger partial charge on any atom is 0.251 e. The zero-order chi connectivity index (χ0) is 18.4. The van der Waals surface area contributed by atoms with Crippen molar-refractivity contribution >= 4 is 17.5 Å². The van der Waals surface area contributed by atoms with Crippen LogP contribution in [0.4, 0.5) is 5.69 Å². The lowest BCUT2D eigenvalue weighted by Crippen LogP contribution is -2.40. The van der Waals surface area contributed by atoms with Gasteiger partial charge in [-0.15, -0.1) is 0 Å². The van der Waals surface area contributed by atoms with Crippen molar-refractivity contribution in [3.8, 4) is 0 Å². The summed E-state index contributed by atoms with van der Waals surface area (Å²) < 4.78 is 0. The van der Waals surface area contributed by atoms with E-state index in [1.54, 1.807) is 18.2 Å². The molecule has 1 aliphatic heterocycles. The van der Waals surface area contributed by atoms with Crippen molar-refractivity contribution in [1.82, 2.24) is 10.6 Å². The first-order valence-corrected chi connectivity index (χ1v) is 9.18. The molecular weight excluding hydrogens is 314 g/mol. The first kappa shape index (κ1) is 19.4. The highest BCUT2D eigenvalue weighted by molar-refractivity contribution is 5.97. The predicted molar refractivity (Wildman–Crippen MR) is 102 cm³/mol. The van der Waals surface area contributed by atoms with E-state index >= 15 is 0 Å². The summed E-state index contributed by atoms with van der Waals surface area (Å²) in [4.78, 5) is 24.6. The van der Waals surface area contributed by atoms with Crippen LogP contribution >= 0.6 is 0 Å². The van der Waals surface area contributed by atoms with Gasteiger partial charge >= 0.3 is 0 Å². The average molecular weight is 345 g/mol. The van der Waals surface area contributed by atoms with E-state index in [4.69, 9.17) is 0 Å². The third kappa shape index (κ3) is 6.50. The minimum absolute atomic E-state index is 0.0133. The van der Waals surface area contributed by atoms with Gasteiger partial charge in [-0.1, -0.05) is 13.0 Å². The number of anilines is 1. The Kier molecular flexibility index (Phi) is 6.59. The highest BCUT2D eigenvalue weighted by Crippen LogP contribution is 2.24. The Hall–Kier alpha value is -1.88. The topological polar surface area (TPSA) is 70.2 Å². The molecule has 3 N–H and O–H groups in total. The molecule has 0 spiro atoms. The number of rotatable bonds is 5. The molecule has 1 aliphatic rings. The highest BCUT2D eigenvalue weighted by Gasteiger charge is 2.22. The maximum atomic E-state index is 12.3. The molecule has 138 valence electrons. The van der Waals surface area contributed by atoms with Crippen LogP contribution in [0.3, 0.4) is 0 Å². The summed E-state index contributed by atoms with van der Waals surface area (Å²) >= 11 is 0. The number of nitrogens with one attached hydrogen (secondary N) is 3. The lowest BCUT2D eigenvalue weighted by Gasteiger charge is -2.27. The van der Waals surface area contributed by atoms with Crippen molar-refractivity contribution in [2.24, 2.45) is 11.8 Å². The zero-order valence-corrected chi connectivity index (χ0v) is 15.8. The van der Waals surface area contributed by atoms with Crippen LogP contribution in [0.1, 0.15) is 57.3 Å².